The van der Waals surface area contributed by atoms with Crippen molar-refractivity contribution < 1.29 is 28.6 Å². The van der Waals surface area contributed by atoms with E-state index in [9.17, 15) is 14.4 Å². The summed E-state index contributed by atoms with van der Waals surface area (Å²) in [4.78, 5) is 38.2. The zero-order valence-corrected chi connectivity index (χ0v) is 48.1. The van der Waals surface area contributed by atoms with Crippen molar-refractivity contribution in [2.75, 3.05) is 13.2 Å². The molecule has 0 aromatic carbocycles. The van der Waals surface area contributed by atoms with Crippen LogP contribution in [0.4, 0.5) is 0 Å². The first-order valence-corrected chi connectivity index (χ1v) is 31.1. The molecule has 0 aromatic heterocycles. The van der Waals surface area contributed by atoms with Crippen LogP contribution >= 0.6 is 0 Å². The van der Waals surface area contributed by atoms with Gasteiger partial charge in [0.15, 0.2) is 6.10 Å². The van der Waals surface area contributed by atoms with Gasteiger partial charge in [0.25, 0.3) is 0 Å². The Labute approximate surface area is 452 Å². The average molecular weight is 1020 g/mol. The van der Waals surface area contributed by atoms with Crippen LogP contribution in [0.1, 0.15) is 303 Å². The zero-order chi connectivity index (χ0) is 52.9. The maximum Gasteiger partial charge on any atom is 0.306 e. The number of allylic oxidation sites excluding steroid dienone is 14. The molecule has 0 rings (SSSR count). The topological polar surface area (TPSA) is 78.9 Å². The average Bonchev–Trinajstić information content (AvgIpc) is 3.39. The van der Waals surface area contributed by atoms with E-state index in [1.165, 1.54) is 148 Å². The maximum atomic E-state index is 12.8. The van der Waals surface area contributed by atoms with Crippen molar-refractivity contribution in [1.29, 1.82) is 0 Å². The molecule has 1 atom stereocenters. The molecule has 0 bridgehead atoms. The van der Waals surface area contributed by atoms with E-state index in [4.69, 9.17) is 14.2 Å². The summed E-state index contributed by atoms with van der Waals surface area (Å²) in [5.41, 5.74) is 0. The summed E-state index contributed by atoms with van der Waals surface area (Å²) >= 11 is 0. The minimum absolute atomic E-state index is 0.0826. The molecule has 0 aromatic rings. The molecule has 0 radical (unpaired) electrons. The second kappa shape index (κ2) is 61.1. The van der Waals surface area contributed by atoms with Gasteiger partial charge in [-0.3, -0.25) is 14.4 Å². The summed E-state index contributed by atoms with van der Waals surface area (Å²) in [5.74, 6) is -0.897. The van der Waals surface area contributed by atoms with Gasteiger partial charge >= 0.3 is 17.9 Å². The van der Waals surface area contributed by atoms with Gasteiger partial charge in [-0.05, 0) is 109 Å². The Morgan fingerprint density at radius 2 is 0.548 bits per heavy atom. The Morgan fingerprint density at radius 1 is 0.288 bits per heavy atom. The molecule has 0 saturated carbocycles. The summed E-state index contributed by atoms with van der Waals surface area (Å²) in [6, 6.07) is 0. The van der Waals surface area contributed by atoms with Gasteiger partial charge in [-0.25, -0.2) is 0 Å². The van der Waals surface area contributed by atoms with Crippen LogP contribution in [0.3, 0.4) is 0 Å². The fourth-order valence-electron chi connectivity index (χ4n) is 8.68. The van der Waals surface area contributed by atoms with E-state index in [1.807, 2.05) is 0 Å². The Morgan fingerprint density at radius 3 is 0.890 bits per heavy atom. The highest BCUT2D eigenvalue weighted by molar-refractivity contribution is 5.71. The van der Waals surface area contributed by atoms with Crippen molar-refractivity contribution >= 4 is 17.9 Å². The number of ether oxygens (including phenoxy) is 3. The number of hydrogen-bond acceptors (Lipinski definition) is 6. The van der Waals surface area contributed by atoms with Crippen LogP contribution in [0.25, 0.3) is 0 Å². The summed E-state index contributed by atoms with van der Waals surface area (Å²) in [6.45, 7) is 6.46. The Bertz CT molecular complexity index is 1400. The molecular formula is C67H116O6. The second-order valence-corrected chi connectivity index (χ2v) is 20.6. The monoisotopic (exact) mass is 1020 g/mol. The normalized spacial score (nSPS) is 12.6. The lowest BCUT2D eigenvalue weighted by molar-refractivity contribution is -0.167. The first kappa shape index (κ1) is 69.6. The molecule has 420 valence electrons. The van der Waals surface area contributed by atoms with E-state index in [0.29, 0.717) is 19.3 Å². The Hall–Kier alpha value is -3.41. The summed E-state index contributed by atoms with van der Waals surface area (Å²) in [5, 5.41) is 0. The highest BCUT2D eigenvalue weighted by Crippen LogP contribution is 2.16. The van der Waals surface area contributed by atoms with Crippen LogP contribution in [0, 0.1) is 0 Å². The molecule has 0 amide bonds. The predicted octanol–water partition coefficient (Wildman–Crippen LogP) is 21.1. The number of unbranched alkanes of at least 4 members (excludes halogenated alkanes) is 31. The van der Waals surface area contributed by atoms with Gasteiger partial charge in [0.1, 0.15) is 13.2 Å². The standard InChI is InChI=1S/C67H116O6/c1-4-7-10-13-16-19-22-25-27-28-29-30-31-32-33-34-35-36-37-38-39-40-41-43-45-48-51-54-57-60-66(69)72-63-64(62-71-65(68)59-56-53-50-47-44-24-21-18-15-12-9-6-3)73-67(70)61-58-55-52-49-46-42-26-23-20-17-14-11-8-5-2/h7,10,14,16-19,21,23,25-27,29-30,64H,4-6,8-9,11-13,15,20,22,24,28,31-63H2,1-3H3/b10-7-,17-14-,19-16-,21-18-,26-23-,27-25-,30-29-. The number of carbonyl (C=O) groups excluding carboxylic acids is 3. The molecule has 0 aliphatic rings. The molecule has 73 heavy (non-hydrogen) atoms. The molecule has 0 N–H and O–H groups in total. The maximum absolute atomic E-state index is 12.8. The van der Waals surface area contributed by atoms with Gasteiger partial charge in [0, 0.05) is 19.3 Å². The quantitative estimate of drug-likeness (QED) is 0.0261. The van der Waals surface area contributed by atoms with E-state index < -0.39 is 6.10 Å². The van der Waals surface area contributed by atoms with Crippen molar-refractivity contribution in [3.63, 3.8) is 0 Å². The largest absolute Gasteiger partial charge is 0.462 e. The van der Waals surface area contributed by atoms with Crippen molar-refractivity contribution in [3.05, 3.63) is 85.1 Å². The van der Waals surface area contributed by atoms with Crippen LogP contribution in [0.15, 0.2) is 85.1 Å². The van der Waals surface area contributed by atoms with E-state index >= 15 is 0 Å². The van der Waals surface area contributed by atoms with Gasteiger partial charge in [0.2, 0.25) is 0 Å². The van der Waals surface area contributed by atoms with Crippen LogP contribution < -0.4 is 0 Å². The molecule has 0 spiro atoms. The van der Waals surface area contributed by atoms with Gasteiger partial charge in [-0.2, -0.15) is 0 Å². The van der Waals surface area contributed by atoms with Crippen LogP contribution in [0.2, 0.25) is 0 Å². The summed E-state index contributed by atoms with van der Waals surface area (Å²) in [6.07, 6.45) is 80.2. The minimum atomic E-state index is -0.786. The van der Waals surface area contributed by atoms with E-state index in [0.717, 1.165) is 116 Å². The van der Waals surface area contributed by atoms with E-state index in [1.54, 1.807) is 0 Å². The molecular weight excluding hydrogens is 901 g/mol. The molecule has 0 fully saturated rings. The smallest absolute Gasteiger partial charge is 0.306 e. The number of carbonyl (C=O) groups is 3. The number of esters is 3. The van der Waals surface area contributed by atoms with E-state index in [-0.39, 0.29) is 31.1 Å². The first-order chi connectivity index (χ1) is 36.0. The Balaban J connectivity index is 4.19. The van der Waals surface area contributed by atoms with Gasteiger partial charge in [-0.15, -0.1) is 0 Å². The van der Waals surface area contributed by atoms with Crippen LogP contribution in [-0.4, -0.2) is 37.2 Å². The minimum Gasteiger partial charge on any atom is -0.462 e. The number of hydrogen-bond donors (Lipinski definition) is 0. The summed E-state index contributed by atoms with van der Waals surface area (Å²) < 4.78 is 16.9. The predicted molar refractivity (Wildman–Crippen MR) is 316 cm³/mol. The summed E-state index contributed by atoms with van der Waals surface area (Å²) in [7, 11) is 0. The fourth-order valence-corrected chi connectivity index (χ4v) is 8.68. The third-order valence-corrected chi connectivity index (χ3v) is 13.4. The fraction of sp³-hybridized carbons (Fsp3) is 0.746. The van der Waals surface area contributed by atoms with Crippen LogP contribution in [0.5, 0.6) is 0 Å². The van der Waals surface area contributed by atoms with Gasteiger partial charge < -0.3 is 14.2 Å². The molecule has 1 unspecified atom stereocenters. The third kappa shape index (κ3) is 59.3. The van der Waals surface area contributed by atoms with Crippen molar-refractivity contribution in [2.24, 2.45) is 0 Å². The highest BCUT2D eigenvalue weighted by Gasteiger charge is 2.19. The van der Waals surface area contributed by atoms with Crippen molar-refractivity contribution in [2.45, 2.75) is 309 Å². The SMILES string of the molecule is CC/C=C\C/C=C\C/C=C\C/C=C\CCCCCCCCCCCCCCCCCCC(=O)OCC(COC(=O)CCCCCCC/C=C\CCCCC)OC(=O)CCCCCCC/C=C\C/C=C\CCCC. The highest BCUT2D eigenvalue weighted by atomic mass is 16.6. The van der Waals surface area contributed by atoms with E-state index in [2.05, 4.69) is 106 Å². The Kier molecular flexibility index (Phi) is 58.3. The third-order valence-electron chi connectivity index (χ3n) is 13.4. The first-order valence-electron chi connectivity index (χ1n) is 31.1. The zero-order valence-electron chi connectivity index (χ0n) is 48.1. The molecule has 6 nitrogen and oxygen atoms in total. The molecule has 0 saturated heterocycles. The van der Waals surface area contributed by atoms with Crippen molar-refractivity contribution in [3.8, 4) is 0 Å². The number of rotatable bonds is 56. The lowest BCUT2D eigenvalue weighted by atomic mass is 10.0. The lowest BCUT2D eigenvalue weighted by Crippen LogP contribution is -2.30. The second-order valence-electron chi connectivity index (χ2n) is 20.6. The van der Waals surface area contributed by atoms with Gasteiger partial charge in [-0.1, -0.05) is 260 Å². The van der Waals surface area contributed by atoms with Crippen LogP contribution in [-0.2, 0) is 28.6 Å². The molecule has 0 aliphatic carbocycles. The van der Waals surface area contributed by atoms with Crippen molar-refractivity contribution in [1.82, 2.24) is 0 Å². The molecule has 6 heteroatoms. The van der Waals surface area contributed by atoms with Gasteiger partial charge in [0.05, 0.1) is 0 Å². The lowest BCUT2D eigenvalue weighted by Gasteiger charge is -2.18. The molecule has 0 aliphatic heterocycles. The molecule has 0 heterocycles.